The molecule has 0 heterocycles. The van der Waals surface area contributed by atoms with Gasteiger partial charge in [0.2, 0.25) is 5.52 Å². The van der Waals surface area contributed by atoms with Crippen molar-refractivity contribution in [3.05, 3.63) is 0 Å². The maximum atomic E-state index is 11.8. The normalized spacial score (nSPS) is 17.4. The van der Waals surface area contributed by atoms with Crippen molar-refractivity contribution in [2.75, 3.05) is 13.2 Å². The van der Waals surface area contributed by atoms with Gasteiger partial charge in [-0.3, -0.25) is 9.36 Å². The van der Waals surface area contributed by atoms with Gasteiger partial charge in [0.05, 0.1) is 13.2 Å². The van der Waals surface area contributed by atoms with E-state index in [2.05, 4.69) is 0 Å². The second kappa shape index (κ2) is 4.36. The molecule has 1 saturated carbocycles. The van der Waals surface area contributed by atoms with Gasteiger partial charge in [-0.2, -0.15) is 0 Å². The van der Waals surface area contributed by atoms with Crippen LogP contribution in [0.25, 0.3) is 0 Å². The van der Waals surface area contributed by atoms with Crippen molar-refractivity contribution in [1.82, 2.24) is 0 Å². The molecule has 5 heteroatoms. The third-order valence-electron chi connectivity index (χ3n) is 1.79. The molecular formula is C8H15O4P. The van der Waals surface area contributed by atoms with Crippen LogP contribution in [0.15, 0.2) is 0 Å². The Morgan fingerprint density at radius 1 is 1.31 bits per heavy atom. The van der Waals surface area contributed by atoms with E-state index in [4.69, 9.17) is 9.05 Å². The molecule has 4 nitrogen and oxygen atoms in total. The lowest BCUT2D eigenvalue weighted by Gasteiger charge is -2.14. The molecule has 0 saturated heterocycles. The average molecular weight is 206 g/mol. The van der Waals surface area contributed by atoms with E-state index in [1.807, 2.05) is 0 Å². The van der Waals surface area contributed by atoms with E-state index in [9.17, 15) is 9.36 Å². The topological polar surface area (TPSA) is 52.6 Å². The van der Waals surface area contributed by atoms with Crippen molar-refractivity contribution < 1.29 is 18.4 Å². The molecule has 76 valence electrons. The van der Waals surface area contributed by atoms with E-state index < -0.39 is 7.60 Å². The molecule has 13 heavy (non-hydrogen) atoms. The van der Waals surface area contributed by atoms with Crippen molar-refractivity contribution >= 4 is 13.1 Å². The number of hydrogen-bond acceptors (Lipinski definition) is 4. The third kappa shape index (κ3) is 2.63. The van der Waals surface area contributed by atoms with Crippen LogP contribution >= 0.6 is 7.60 Å². The zero-order valence-electron chi connectivity index (χ0n) is 7.99. The lowest BCUT2D eigenvalue weighted by atomic mass is 10.5. The van der Waals surface area contributed by atoms with Gasteiger partial charge < -0.3 is 9.05 Å². The van der Waals surface area contributed by atoms with Crippen LogP contribution in [0.1, 0.15) is 26.7 Å². The Bertz CT molecular complexity index is 224. The fourth-order valence-electron chi connectivity index (χ4n) is 1.06. The van der Waals surface area contributed by atoms with Gasteiger partial charge in [0, 0.05) is 5.92 Å². The molecule has 0 radical (unpaired) electrons. The van der Waals surface area contributed by atoms with E-state index in [1.165, 1.54) is 0 Å². The molecule has 1 aliphatic rings. The molecular weight excluding hydrogens is 191 g/mol. The highest BCUT2D eigenvalue weighted by Crippen LogP contribution is 2.55. The molecule has 0 aromatic rings. The fraction of sp³-hybridized carbons (Fsp3) is 0.875. The van der Waals surface area contributed by atoms with Crippen molar-refractivity contribution in [1.29, 1.82) is 0 Å². The maximum Gasteiger partial charge on any atom is 0.396 e. The van der Waals surface area contributed by atoms with Crippen LogP contribution in [0.5, 0.6) is 0 Å². The first-order valence-corrected chi connectivity index (χ1v) is 6.11. The van der Waals surface area contributed by atoms with Gasteiger partial charge in [-0.25, -0.2) is 0 Å². The Hall–Kier alpha value is -0.180. The standard InChI is InChI=1S/C8H15O4P/c1-3-11-13(10,12-4-2)8(9)7-5-6-7/h7H,3-6H2,1-2H3. The molecule has 0 bridgehead atoms. The van der Waals surface area contributed by atoms with Gasteiger partial charge in [0.25, 0.3) is 0 Å². The Morgan fingerprint density at radius 2 is 1.77 bits per heavy atom. The summed E-state index contributed by atoms with van der Waals surface area (Å²) in [5.74, 6) is -0.0797. The Labute approximate surface area is 78.1 Å². The Kier molecular flexibility index (Phi) is 3.65. The van der Waals surface area contributed by atoms with Crippen LogP contribution in [0.3, 0.4) is 0 Å². The van der Waals surface area contributed by atoms with Crippen LogP contribution in [0.4, 0.5) is 0 Å². The maximum absolute atomic E-state index is 11.8. The zero-order valence-corrected chi connectivity index (χ0v) is 8.88. The van der Waals surface area contributed by atoms with Crippen molar-refractivity contribution in [3.63, 3.8) is 0 Å². The van der Waals surface area contributed by atoms with Crippen LogP contribution < -0.4 is 0 Å². The van der Waals surface area contributed by atoms with Crippen LogP contribution in [-0.4, -0.2) is 18.7 Å². The summed E-state index contributed by atoms with van der Waals surface area (Å²) >= 11 is 0. The Morgan fingerprint density at radius 3 is 2.08 bits per heavy atom. The van der Waals surface area contributed by atoms with Crippen LogP contribution in [0.2, 0.25) is 0 Å². The quantitative estimate of drug-likeness (QED) is 0.625. The molecule has 0 aromatic heterocycles. The minimum absolute atomic E-state index is 0.0797. The number of rotatable bonds is 6. The van der Waals surface area contributed by atoms with E-state index in [1.54, 1.807) is 13.8 Å². The van der Waals surface area contributed by atoms with Gasteiger partial charge in [0.1, 0.15) is 0 Å². The third-order valence-corrected chi connectivity index (χ3v) is 3.90. The first-order valence-electron chi connectivity index (χ1n) is 4.57. The van der Waals surface area contributed by atoms with Crippen LogP contribution in [0, 0.1) is 5.92 Å². The molecule has 0 spiro atoms. The van der Waals surface area contributed by atoms with Crippen LogP contribution in [-0.2, 0) is 18.4 Å². The number of carbonyl (C=O) groups is 1. The lowest BCUT2D eigenvalue weighted by molar-refractivity contribution is -0.115. The minimum atomic E-state index is -3.44. The smallest absolute Gasteiger partial charge is 0.303 e. The fourth-order valence-corrected chi connectivity index (χ4v) is 2.77. The molecule has 0 N–H and O–H groups in total. The summed E-state index contributed by atoms with van der Waals surface area (Å²) in [6.45, 7) is 3.89. The highest BCUT2D eigenvalue weighted by molar-refractivity contribution is 7.71. The van der Waals surface area contributed by atoms with Gasteiger partial charge in [-0.1, -0.05) is 0 Å². The zero-order chi connectivity index (χ0) is 9.90. The predicted molar refractivity (Wildman–Crippen MR) is 48.6 cm³/mol. The summed E-state index contributed by atoms with van der Waals surface area (Å²) < 4.78 is 21.6. The summed E-state index contributed by atoms with van der Waals surface area (Å²) in [7, 11) is -3.44. The molecule has 1 aliphatic carbocycles. The number of hydrogen-bond donors (Lipinski definition) is 0. The number of carbonyl (C=O) groups excluding carboxylic acids is 1. The van der Waals surface area contributed by atoms with Gasteiger partial charge in [0.15, 0.2) is 0 Å². The van der Waals surface area contributed by atoms with Crippen molar-refractivity contribution in [3.8, 4) is 0 Å². The second-order valence-corrected chi connectivity index (χ2v) is 4.90. The average Bonchev–Trinajstić information content (AvgIpc) is 2.86. The van der Waals surface area contributed by atoms with Crippen molar-refractivity contribution in [2.45, 2.75) is 26.7 Å². The summed E-state index contributed by atoms with van der Waals surface area (Å²) in [6, 6.07) is 0. The van der Waals surface area contributed by atoms with E-state index >= 15 is 0 Å². The van der Waals surface area contributed by atoms with E-state index in [0.717, 1.165) is 12.8 Å². The SMILES string of the molecule is CCOP(=O)(OCC)C(=O)C1CC1. The molecule has 0 atom stereocenters. The van der Waals surface area contributed by atoms with Gasteiger partial charge in [-0.15, -0.1) is 0 Å². The predicted octanol–water partition coefficient (Wildman–Crippen LogP) is 2.19. The molecule has 1 fully saturated rings. The van der Waals surface area contributed by atoms with E-state index in [0.29, 0.717) is 0 Å². The van der Waals surface area contributed by atoms with Crippen molar-refractivity contribution in [2.24, 2.45) is 5.92 Å². The van der Waals surface area contributed by atoms with Gasteiger partial charge in [-0.05, 0) is 26.7 Å². The molecule has 0 aromatic carbocycles. The monoisotopic (exact) mass is 206 g/mol. The summed E-state index contributed by atoms with van der Waals surface area (Å²) in [4.78, 5) is 11.5. The first kappa shape index (κ1) is 10.9. The van der Waals surface area contributed by atoms with E-state index in [-0.39, 0.29) is 24.7 Å². The minimum Gasteiger partial charge on any atom is -0.303 e. The molecule has 1 rings (SSSR count). The summed E-state index contributed by atoms with van der Waals surface area (Å²) in [5, 5.41) is 0. The molecule has 0 amide bonds. The molecule has 0 aliphatic heterocycles. The first-order chi connectivity index (χ1) is 6.14. The largest absolute Gasteiger partial charge is 0.396 e. The highest BCUT2D eigenvalue weighted by atomic mass is 31.2. The summed E-state index contributed by atoms with van der Waals surface area (Å²) in [6.07, 6.45) is 1.64. The molecule has 0 unspecified atom stereocenters. The lowest BCUT2D eigenvalue weighted by Crippen LogP contribution is -2.08. The second-order valence-electron chi connectivity index (χ2n) is 2.95. The summed E-state index contributed by atoms with van der Waals surface area (Å²) in [5.41, 5.74) is -0.337. The highest BCUT2D eigenvalue weighted by Gasteiger charge is 2.44. The Balaban J connectivity index is 2.63. The van der Waals surface area contributed by atoms with Gasteiger partial charge >= 0.3 is 7.60 Å².